The number of fused-ring (bicyclic) bond motifs is 2. The molecule has 172 valence electrons. The summed E-state index contributed by atoms with van der Waals surface area (Å²) in [6, 6.07) is 6.44. The van der Waals surface area contributed by atoms with Crippen molar-refractivity contribution in [2.75, 3.05) is 30.5 Å². The van der Waals surface area contributed by atoms with Crippen molar-refractivity contribution in [2.24, 2.45) is 0 Å². The first-order chi connectivity index (χ1) is 15.0. The van der Waals surface area contributed by atoms with Crippen LogP contribution in [0.25, 0.3) is 21.9 Å². The molecule has 2 aromatic heterocycles. The van der Waals surface area contributed by atoms with Crippen LogP contribution < -0.4 is 10.3 Å². The number of aromatic nitrogens is 2. The SMILES string of the molecule is CSc1c(Cl)ccc2c(=O)c3ccc(N(C)CCS(=O)(=O)C(C)C)nc3n(CC(=O)O)c12. The van der Waals surface area contributed by atoms with E-state index in [1.54, 1.807) is 56.3 Å². The minimum absolute atomic E-state index is 0.0488. The van der Waals surface area contributed by atoms with E-state index in [1.165, 1.54) is 16.3 Å². The Morgan fingerprint density at radius 2 is 1.91 bits per heavy atom. The van der Waals surface area contributed by atoms with Crippen LogP contribution in [0, 0.1) is 0 Å². The van der Waals surface area contributed by atoms with E-state index in [0.29, 0.717) is 26.6 Å². The van der Waals surface area contributed by atoms with E-state index in [0.717, 1.165) is 0 Å². The number of carboxylic acids is 1. The molecule has 0 aliphatic heterocycles. The number of hydrogen-bond acceptors (Lipinski definition) is 7. The number of pyridine rings is 2. The number of nitrogens with zero attached hydrogens (tertiary/aromatic N) is 3. The number of halogens is 1. The van der Waals surface area contributed by atoms with Crippen LogP contribution in [0.5, 0.6) is 0 Å². The van der Waals surface area contributed by atoms with Gasteiger partial charge in [-0.3, -0.25) is 9.59 Å². The fraction of sp³-hybridized carbons (Fsp3) is 0.381. The fourth-order valence-corrected chi connectivity index (χ4v) is 5.44. The molecule has 0 saturated carbocycles. The summed E-state index contributed by atoms with van der Waals surface area (Å²) in [5.41, 5.74) is 0.353. The third-order valence-electron chi connectivity index (χ3n) is 5.28. The first kappa shape index (κ1) is 24.3. The van der Waals surface area contributed by atoms with E-state index in [4.69, 9.17) is 11.6 Å². The molecule has 8 nitrogen and oxygen atoms in total. The smallest absolute Gasteiger partial charge is 0.323 e. The molecular formula is C21H24ClN3O5S2. The molecule has 32 heavy (non-hydrogen) atoms. The minimum Gasteiger partial charge on any atom is -0.480 e. The zero-order valence-electron chi connectivity index (χ0n) is 18.1. The Kier molecular flexibility index (Phi) is 7.06. The summed E-state index contributed by atoms with van der Waals surface area (Å²) < 4.78 is 25.8. The van der Waals surface area contributed by atoms with Crippen LogP contribution in [0.4, 0.5) is 5.82 Å². The Morgan fingerprint density at radius 1 is 1.25 bits per heavy atom. The van der Waals surface area contributed by atoms with E-state index >= 15 is 0 Å². The van der Waals surface area contributed by atoms with Crippen LogP contribution in [-0.4, -0.2) is 59.9 Å². The lowest BCUT2D eigenvalue weighted by molar-refractivity contribution is -0.137. The lowest BCUT2D eigenvalue weighted by Gasteiger charge is -2.21. The number of aliphatic carboxylic acids is 1. The molecule has 0 unspecified atom stereocenters. The van der Waals surface area contributed by atoms with Gasteiger partial charge in [0.2, 0.25) is 0 Å². The lowest BCUT2D eigenvalue weighted by atomic mass is 10.1. The van der Waals surface area contributed by atoms with Crippen LogP contribution in [0.2, 0.25) is 5.02 Å². The van der Waals surface area contributed by atoms with E-state index < -0.39 is 27.6 Å². The van der Waals surface area contributed by atoms with Crippen molar-refractivity contribution < 1.29 is 18.3 Å². The van der Waals surface area contributed by atoms with Crippen molar-refractivity contribution in [1.29, 1.82) is 0 Å². The number of anilines is 1. The van der Waals surface area contributed by atoms with Crippen molar-refractivity contribution in [1.82, 2.24) is 9.55 Å². The highest BCUT2D eigenvalue weighted by Gasteiger charge is 2.21. The maximum Gasteiger partial charge on any atom is 0.323 e. The minimum atomic E-state index is -3.24. The average Bonchev–Trinajstić information content (AvgIpc) is 2.74. The zero-order chi connectivity index (χ0) is 23.8. The molecule has 11 heteroatoms. The van der Waals surface area contributed by atoms with Gasteiger partial charge in [0.1, 0.15) is 18.0 Å². The number of carboxylic acid groups (broad SMARTS) is 1. The number of carbonyl (C=O) groups is 1. The highest BCUT2D eigenvalue weighted by molar-refractivity contribution is 7.99. The Bertz CT molecular complexity index is 1370. The second-order valence-corrected chi connectivity index (χ2v) is 11.6. The maximum atomic E-state index is 13.2. The zero-order valence-corrected chi connectivity index (χ0v) is 20.5. The molecule has 0 aliphatic carbocycles. The van der Waals surface area contributed by atoms with Crippen LogP contribution in [0.3, 0.4) is 0 Å². The maximum absolute atomic E-state index is 13.2. The Balaban J connectivity index is 2.24. The summed E-state index contributed by atoms with van der Waals surface area (Å²) in [7, 11) is -1.53. The van der Waals surface area contributed by atoms with Gasteiger partial charge >= 0.3 is 5.97 Å². The van der Waals surface area contributed by atoms with Crippen LogP contribution in [0.15, 0.2) is 34.0 Å². The molecular weight excluding hydrogens is 474 g/mol. The summed E-state index contributed by atoms with van der Waals surface area (Å²) in [6.07, 6.45) is 1.80. The molecule has 0 saturated heterocycles. The lowest BCUT2D eigenvalue weighted by Crippen LogP contribution is -2.29. The van der Waals surface area contributed by atoms with Gasteiger partial charge in [-0.25, -0.2) is 13.4 Å². The van der Waals surface area contributed by atoms with Crippen molar-refractivity contribution in [2.45, 2.75) is 30.5 Å². The normalized spacial score (nSPS) is 12.1. The van der Waals surface area contributed by atoms with E-state index in [-0.39, 0.29) is 28.8 Å². The van der Waals surface area contributed by atoms with Crippen molar-refractivity contribution >= 4 is 66.9 Å². The number of hydrogen-bond donors (Lipinski definition) is 1. The molecule has 0 spiro atoms. The Hall–Kier alpha value is -2.30. The third kappa shape index (κ3) is 4.57. The van der Waals surface area contributed by atoms with Gasteiger partial charge in [0.15, 0.2) is 15.3 Å². The largest absolute Gasteiger partial charge is 0.480 e. The molecule has 0 amide bonds. The summed E-state index contributed by atoms with van der Waals surface area (Å²) in [4.78, 5) is 31.7. The number of thioether (sulfide) groups is 1. The molecule has 0 radical (unpaired) electrons. The van der Waals surface area contributed by atoms with Crippen molar-refractivity contribution in [3.05, 3.63) is 39.5 Å². The number of benzene rings is 1. The molecule has 0 bridgehead atoms. The van der Waals surface area contributed by atoms with Gasteiger partial charge < -0.3 is 14.6 Å². The summed E-state index contributed by atoms with van der Waals surface area (Å²) in [5, 5.41) is 10.1. The predicted molar refractivity (Wildman–Crippen MR) is 130 cm³/mol. The van der Waals surface area contributed by atoms with Gasteiger partial charge in [-0.2, -0.15) is 0 Å². The molecule has 0 fully saturated rings. The molecule has 1 aromatic carbocycles. The third-order valence-corrected chi connectivity index (χ3v) is 8.71. The van der Waals surface area contributed by atoms with Gasteiger partial charge in [0.05, 0.1) is 31.8 Å². The van der Waals surface area contributed by atoms with E-state index in [9.17, 15) is 23.1 Å². The van der Waals surface area contributed by atoms with Crippen molar-refractivity contribution in [3.8, 4) is 0 Å². The van der Waals surface area contributed by atoms with Crippen LogP contribution in [-0.2, 0) is 21.2 Å². The summed E-state index contributed by atoms with van der Waals surface area (Å²) in [5.74, 6) is -0.707. The topological polar surface area (TPSA) is 110 Å². The van der Waals surface area contributed by atoms with Crippen molar-refractivity contribution in [3.63, 3.8) is 0 Å². The fourth-order valence-electron chi connectivity index (χ4n) is 3.38. The molecule has 1 N–H and O–H groups in total. The highest BCUT2D eigenvalue weighted by Crippen LogP contribution is 2.34. The van der Waals surface area contributed by atoms with Gasteiger partial charge in [0, 0.05) is 19.0 Å². The standard InChI is InChI=1S/C21H24ClN3O5S2/c1-12(2)32(29,30)10-9-24(3)16-8-6-14-19(28)13-5-7-15(22)20(31-4)18(13)25(11-17(26)27)21(14)23-16/h5-8,12H,9-11H2,1-4H3,(H,26,27). The average molecular weight is 498 g/mol. The monoisotopic (exact) mass is 497 g/mol. The summed E-state index contributed by atoms with van der Waals surface area (Å²) in [6.45, 7) is 3.06. The van der Waals surface area contributed by atoms with Gasteiger partial charge in [-0.05, 0) is 44.4 Å². The summed E-state index contributed by atoms with van der Waals surface area (Å²) >= 11 is 7.66. The van der Waals surface area contributed by atoms with E-state index in [2.05, 4.69) is 4.98 Å². The number of sulfone groups is 1. The molecule has 3 aromatic rings. The predicted octanol–water partition coefficient (Wildman–Crippen LogP) is 3.27. The molecule has 0 atom stereocenters. The second kappa shape index (κ2) is 9.29. The van der Waals surface area contributed by atoms with Gasteiger partial charge in [-0.15, -0.1) is 11.8 Å². The van der Waals surface area contributed by atoms with Crippen LogP contribution >= 0.6 is 23.4 Å². The first-order valence-electron chi connectivity index (χ1n) is 9.82. The first-order valence-corrected chi connectivity index (χ1v) is 13.1. The quantitative estimate of drug-likeness (QED) is 0.373. The van der Waals surface area contributed by atoms with Crippen LogP contribution in [0.1, 0.15) is 13.8 Å². The Labute approximate surface area is 195 Å². The molecule has 0 aliphatic rings. The molecule has 3 rings (SSSR count). The molecule has 2 heterocycles. The Morgan fingerprint density at radius 3 is 2.50 bits per heavy atom. The van der Waals surface area contributed by atoms with Gasteiger partial charge in [0.25, 0.3) is 0 Å². The second-order valence-electron chi connectivity index (χ2n) is 7.66. The highest BCUT2D eigenvalue weighted by atomic mass is 35.5. The van der Waals surface area contributed by atoms with Gasteiger partial charge in [-0.1, -0.05) is 11.6 Å². The number of rotatable bonds is 8. The van der Waals surface area contributed by atoms with E-state index in [1.807, 2.05) is 0 Å².